The van der Waals surface area contributed by atoms with Gasteiger partial charge in [0.25, 0.3) is 0 Å². The Morgan fingerprint density at radius 1 is 1.15 bits per heavy atom. The highest BCUT2D eigenvalue weighted by Crippen LogP contribution is 2.31. The average Bonchev–Trinajstić information content (AvgIpc) is 3.11. The van der Waals surface area contributed by atoms with Crippen LogP contribution in [0.2, 0.25) is 0 Å². The molecule has 1 amide bonds. The van der Waals surface area contributed by atoms with Gasteiger partial charge in [-0.25, -0.2) is 4.98 Å². The molecule has 4 rings (SSSR count). The molecule has 0 fully saturated rings. The highest BCUT2D eigenvalue weighted by atomic mass is 32.1. The Kier molecular flexibility index (Phi) is 4.71. The van der Waals surface area contributed by atoms with E-state index < -0.39 is 0 Å². The summed E-state index contributed by atoms with van der Waals surface area (Å²) in [5.74, 6) is -0.0274. The van der Waals surface area contributed by atoms with E-state index in [-0.39, 0.29) is 5.91 Å². The Balaban J connectivity index is 1.58. The molecule has 0 N–H and O–H groups in total. The first kappa shape index (κ1) is 16.8. The summed E-state index contributed by atoms with van der Waals surface area (Å²) in [5, 5.41) is 2.79. The molecule has 1 aliphatic heterocycles. The minimum absolute atomic E-state index is 0.0274. The van der Waals surface area contributed by atoms with E-state index in [1.54, 1.807) is 11.8 Å². The van der Waals surface area contributed by atoms with E-state index in [0.717, 1.165) is 42.4 Å². The molecule has 5 heteroatoms. The van der Waals surface area contributed by atoms with Gasteiger partial charge in [-0.1, -0.05) is 36.4 Å². The van der Waals surface area contributed by atoms with Gasteiger partial charge in [0.1, 0.15) is 0 Å². The molecule has 0 unspecified atom stereocenters. The number of anilines is 3. The fraction of sp³-hybridized carbons (Fsp3) is 0.238. The third-order valence-corrected chi connectivity index (χ3v) is 5.49. The highest BCUT2D eigenvalue weighted by molar-refractivity contribution is 7.14. The summed E-state index contributed by atoms with van der Waals surface area (Å²) >= 11 is 1.52. The third-order valence-electron chi connectivity index (χ3n) is 4.62. The van der Waals surface area contributed by atoms with Gasteiger partial charge in [0.15, 0.2) is 5.13 Å². The van der Waals surface area contributed by atoms with Gasteiger partial charge in [0.05, 0.1) is 17.9 Å². The van der Waals surface area contributed by atoms with Crippen LogP contribution in [0.25, 0.3) is 0 Å². The second kappa shape index (κ2) is 7.30. The van der Waals surface area contributed by atoms with E-state index in [4.69, 9.17) is 4.98 Å². The molecule has 0 radical (unpaired) electrons. The zero-order valence-electron chi connectivity index (χ0n) is 14.8. The number of para-hydroxylation sites is 2. The van der Waals surface area contributed by atoms with Crippen molar-refractivity contribution in [3.8, 4) is 0 Å². The molecule has 26 heavy (non-hydrogen) atoms. The summed E-state index contributed by atoms with van der Waals surface area (Å²) in [7, 11) is 0. The van der Waals surface area contributed by atoms with E-state index in [9.17, 15) is 4.79 Å². The minimum Gasteiger partial charge on any atom is -0.365 e. The smallest absolute Gasteiger partial charge is 0.230 e. The van der Waals surface area contributed by atoms with Crippen molar-refractivity contribution in [2.45, 2.75) is 26.3 Å². The molecule has 2 aromatic carbocycles. The van der Waals surface area contributed by atoms with Crippen LogP contribution in [0.5, 0.6) is 0 Å². The van der Waals surface area contributed by atoms with Crippen molar-refractivity contribution in [2.24, 2.45) is 0 Å². The van der Waals surface area contributed by atoms with E-state index in [2.05, 4.69) is 34.5 Å². The summed E-state index contributed by atoms with van der Waals surface area (Å²) in [6, 6.07) is 18.3. The van der Waals surface area contributed by atoms with Gasteiger partial charge >= 0.3 is 0 Å². The molecule has 1 aliphatic rings. The number of amides is 1. The van der Waals surface area contributed by atoms with Gasteiger partial charge in [-0.2, -0.15) is 0 Å². The normalized spacial score (nSPS) is 13.3. The molecule has 3 aromatic rings. The van der Waals surface area contributed by atoms with Crippen LogP contribution in [0.1, 0.15) is 24.6 Å². The lowest BCUT2D eigenvalue weighted by Crippen LogP contribution is -2.29. The number of benzene rings is 2. The lowest BCUT2D eigenvalue weighted by atomic mass is 10.0. The van der Waals surface area contributed by atoms with Crippen molar-refractivity contribution in [1.82, 2.24) is 4.98 Å². The summed E-state index contributed by atoms with van der Waals surface area (Å²) in [6.45, 7) is 3.39. The topological polar surface area (TPSA) is 36.4 Å². The number of rotatable bonds is 4. The number of nitrogens with zero attached hydrogens (tertiary/aromatic N) is 3. The first-order valence-corrected chi connectivity index (χ1v) is 9.73. The van der Waals surface area contributed by atoms with Gasteiger partial charge < -0.3 is 4.90 Å². The number of carbonyl (C=O) groups is 1. The van der Waals surface area contributed by atoms with E-state index >= 15 is 0 Å². The van der Waals surface area contributed by atoms with Crippen LogP contribution in [-0.4, -0.2) is 17.4 Å². The number of fused-ring (bicyclic) bond motifs is 1. The fourth-order valence-electron chi connectivity index (χ4n) is 3.45. The highest BCUT2D eigenvalue weighted by Gasteiger charge is 2.20. The van der Waals surface area contributed by atoms with Crippen LogP contribution in [0.3, 0.4) is 0 Å². The van der Waals surface area contributed by atoms with Crippen LogP contribution >= 0.6 is 11.3 Å². The molecular weight excluding hydrogens is 342 g/mol. The maximum atomic E-state index is 12.2. The summed E-state index contributed by atoms with van der Waals surface area (Å²) in [6.07, 6.45) is 2.30. The van der Waals surface area contributed by atoms with Gasteiger partial charge in [-0.05, 0) is 36.6 Å². The zero-order chi connectivity index (χ0) is 17.9. The summed E-state index contributed by atoms with van der Waals surface area (Å²) in [4.78, 5) is 21.0. The second-order valence-electron chi connectivity index (χ2n) is 6.47. The van der Waals surface area contributed by atoms with Gasteiger partial charge in [0.2, 0.25) is 5.91 Å². The van der Waals surface area contributed by atoms with Crippen LogP contribution in [0.15, 0.2) is 60.0 Å². The molecule has 0 spiro atoms. The molecular formula is C21H21N3OS. The largest absolute Gasteiger partial charge is 0.365 e. The number of aromatic nitrogens is 1. The van der Waals surface area contributed by atoms with Crippen molar-refractivity contribution >= 4 is 33.8 Å². The number of hydrogen-bond acceptors (Lipinski definition) is 4. The lowest BCUT2D eigenvalue weighted by molar-refractivity contribution is -0.115. The Bertz CT molecular complexity index is 906. The van der Waals surface area contributed by atoms with Crippen LogP contribution in [0.4, 0.5) is 16.5 Å². The molecule has 0 bridgehead atoms. The summed E-state index contributed by atoms with van der Waals surface area (Å²) in [5.41, 5.74) is 4.57. The maximum Gasteiger partial charge on any atom is 0.230 e. The Morgan fingerprint density at radius 2 is 1.92 bits per heavy atom. The van der Waals surface area contributed by atoms with Crippen molar-refractivity contribution < 1.29 is 4.79 Å². The molecule has 0 saturated heterocycles. The maximum absolute atomic E-state index is 12.2. The second-order valence-corrected chi connectivity index (χ2v) is 7.30. The number of carbonyl (C=O) groups excluding carboxylic acids is 1. The Labute approximate surface area is 157 Å². The first-order chi connectivity index (χ1) is 12.7. The zero-order valence-corrected chi connectivity index (χ0v) is 15.6. The monoisotopic (exact) mass is 363 g/mol. The molecule has 0 saturated carbocycles. The molecule has 1 aromatic heterocycles. The van der Waals surface area contributed by atoms with Crippen LogP contribution < -0.4 is 9.80 Å². The van der Waals surface area contributed by atoms with E-state index in [1.165, 1.54) is 22.6 Å². The van der Waals surface area contributed by atoms with Crippen LogP contribution in [-0.2, 0) is 17.8 Å². The van der Waals surface area contributed by atoms with Crippen molar-refractivity contribution in [1.29, 1.82) is 0 Å². The van der Waals surface area contributed by atoms with Gasteiger partial charge in [-0.15, -0.1) is 11.3 Å². The SMILES string of the molecule is CC(=O)N(c1ccccc1)c1nc(CN2CCCc3ccccc32)cs1. The van der Waals surface area contributed by atoms with Crippen molar-refractivity contribution in [3.05, 3.63) is 71.2 Å². The Morgan fingerprint density at radius 3 is 2.73 bits per heavy atom. The first-order valence-electron chi connectivity index (χ1n) is 8.85. The lowest BCUT2D eigenvalue weighted by Gasteiger charge is -2.30. The fourth-order valence-corrected chi connectivity index (χ4v) is 4.32. The molecule has 4 nitrogen and oxygen atoms in total. The molecule has 0 atom stereocenters. The van der Waals surface area contributed by atoms with Crippen LogP contribution in [0, 0.1) is 0 Å². The van der Waals surface area contributed by atoms with Gasteiger partial charge in [-0.3, -0.25) is 9.69 Å². The Hall–Kier alpha value is -2.66. The quantitative estimate of drug-likeness (QED) is 0.669. The predicted octanol–water partition coefficient (Wildman–Crippen LogP) is 4.78. The van der Waals surface area contributed by atoms with Crippen molar-refractivity contribution in [2.75, 3.05) is 16.3 Å². The van der Waals surface area contributed by atoms with Crippen molar-refractivity contribution in [3.63, 3.8) is 0 Å². The number of thiazole rings is 1. The predicted molar refractivity (Wildman–Crippen MR) is 107 cm³/mol. The average molecular weight is 363 g/mol. The third kappa shape index (κ3) is 3.35. The molecule has 132 valence electrons. The molecule has 0 aliphatic carbocycles. The number of hydrogen-bond donors (Lipinski definition) is 0. The molecule has 2 heterocycles. The standard InChI is InChI=1S/C21H21N3OS/c1-16(25)24(19-10-3-2-4-11-19)21-22-18(15-26-21)14-23-13-7-9-17-8-5-6-12-20(17)23/h2-6,8,10-12,15H,7,9,13-14H2,1H3. The van der Waals surface area contributed by atoms with E-state index in [1.807, 2.05) is 30.3 Å². The minimum atomic E-state index is -0.0274. The van der Waals surface area contributed by atoms with Gasteiger partial charge in [0, 0.05) is 24.5 Å². The summed E-state index contributed by atoms with van der Waals surface area (Å²) < 4.78 is 0. The number of aryl methyl sites for hydroxylation is 1. The van der Waals surface area contributed by atoms with E-state index in [0.29, 0.717) is 0 Å².